The lowest BCUT2D eigenvalue weighted by atomic mass is 10.1. The highest BCUT2D eigenvalue weighted by Crippen LogP contribution is 2.27. The summed E-state index contributed by atoms with van der Waals surface area (Å²) in [5.41, 5.74) is 1.16. The molecule has 0 saturated carbocycles. The van der Waals surface area contributed by atoms with E-state index in [0.717, 1.165) is 5.39 Å². The topological polar surface area (TPSA) is 93.0 Å². The predicted molar refractivity (Wildman–Crippen MR) is 119 cm³/mol. The first-order chi connectivity index (χ1) is 15.1. The molecule has 0 saturated heterocycles. The van der Waals surface area contributed by atoms with Crippen LogP contribution >= 0.6 is 0 Å². The Hall–Kier alpha value is -4.45. The third-order valence-electron chi connectivity index (χ3n) is 4.96. The zero-order valence-electron chi connectivity index (χ0n) is 16.1. The minimum absolute atomic E-state index is 0.0469. The standard InChI is InChI=1S/C25H15NO5/c27-23-18-9-2-4-11-22(18)31-25(29)20(23)14-26-17-8-5-7-15(12-17)19-13-16-6-1-3-10-21(16)30-24(19)28/h1-14,27H. The van der Waals surface area contributed by atoms with Gasteiger partial charge in [-0.2, -0.15) is 0 Å². The highest BCUT2D eigenvalue weighted by atomic mass is 16.4. The number of fused-ring (bicyclic) bond motifs is 2. The molecule has 0 radical (unpaired) electrons. The first-order valence-corrected chi connectivity index (χ1v) is 9.52. The van der Waals surface area contributed by atoms with E-state index in [1.54, 1.807) is 66.7 Å². The van der Waals surface area contributed by atoms with Crippen molar-refractivity contribution in [1.29, 1.82) is 0 Å². The fraction of sp³-hybridized carbons (Fsp3) is 0. The van der Waals surface area contributed by atoms with E-state index in [9.17, 15) is 14.7 Å². The smallest absolute Gasteiger partial charge is 0.348 e. The quantitative estimate of drug-likeness (QED) is 0.333. The first kappa shape index (κ1) is 18.6. The van der Waals surface area contributed by atoms with Gasteiger partial charge in [0.15, 0.2) is 0 Å². The number of rotatable bonds is 3. The zero-order valence-corrected chi connectivity index (χ0v) is 16.1. The second kappa shape index (κ2) is 7.42. The van der Waals surface area contributed by atoms with Gasteiger partial charge in [-0.3, -0.25) is 4.99 Å². The van der Waals surface area contributed by atoms with Crippen LogP contribution in [-0.4, -0.2) is 11.3 Å². The van der Waals surface area contributed by atoms with Crippen molar-refractivity contribution in [2.45, 2.75) is 0 Å². The zero-order chi connectivity index (χ0) is 21.4. The lowest BCUT2D eigenvalue weighted by Gasteiger charge is -2.04. The summed E-state index contributed by atoms with van der Waals surface area (Å²) in [6, 6.07) is 22.7. The van der Waals surface area contributed by atoms with Crippen LogP contribution in [0.25, 0.3) is 33.1 Å². The highest BCUT2D eigenvalue weighted by molar-refractivity contribution is 5.94. The van der Waals surface area contributed by atoms with E-state index in [4.69, 9.17) is 8.83 Å². The Kier molecular flexibility index (Phi) is 4.45. The fourth-order valence-electron chi connectivity index (χ4n) is 3.42. The second-order valence-corrected chi connectivity index (χ2v) is 6.94. The van der Waals surface area contributed by atoms with Crippen LogP contribution < -0.4 is 11.3 Å². The van der Waals surface area contributed by atoms with Crippen molar-refractivity contribution in [2.24, 2.45) is 4.99 Å². The largest absolute Gasteiger partial charge is 0.506 e. The molecule has 1 N–H and O–H groups in total. The lowest BCUT2D eigenvalue weighted by molar-refractivity contribution is 0.466. The number of benzene rings is 3. The molecule has 0 atom stereocenters. The second-order valence-electron chi connectivity index (χ2n) is 6.94. The number of aliphatic imine (C=N–C) groups is 1. The SMILES string of the molecule is O=c1oc2ccccc2cc1-c1cccc(N=Cc2c(O)c3ccccc3oc2=O)c1. The van der Waals surface area contributed by atoms with Gasteiger partial charge in [-0.05, 0) is 42.0 Å². The summed E-state index contributed by atoms with van der Waals surface area (Å²) >= 11 is 0. The fourth-order valence-corrected chi connectivity index (χ4v) is 3.42. The van der Waals surface area contributed by atoms with Crippen molar-refractivity contribution in [3.05, 3.63) is 105 Å². The molecule has 0 bridgehead atoms. The molecule has 6 nitrogen and oxygen atoms in total. The van der Waals surface area contributed by atoms with Crippen molar-refractivity contribution in [3.63, 3.8) is 0 Å². The van der Waals surface area contributed by atoms with Gasteiger partial charge in [-0.1, -0.05) is 42.5 Å². The molecule has 0 aliphatic rings. The Balaban J connectivity index is 1.56. The molecule has 150 valence electrons. The summed E-state index contributed by atoms with van der Waals surface area (Å²) in [5, 5.41) is 11.7. The van der Waals surface area contributed by atoms with Crippen LogP contribution in [0.5, 0.6) is 5.75 Å². The first-order valence-electron chi connectivity index (χ1n) is 9.52. The van der Waals surface area contributed by atoms with Crippen LogP contribution in [-0.2, 0) is 0 Å². The molecule has 31 heavy (non-hydrogen) atoms. The van der Waals surface area contributed by atoms with Crippen LogP contribution in [0.1, 0.15) is 5.56 Å². The summed E-state index contributed by atoms with van der Waals surface area (Å²) in [6.45, 7) is 0. The molecule has 2 heterocycles. The summed E-state index contributed by atoms with van der Waals surface area (Å²) in [6.07, 6.45) is 1.26. The summed E-state index contributed by atoms with van der Waals surface area (Å²) in [5.74, 6) is -0.193. The molecular formula is C25H15NO5. The Bertz CT molecular complexity index is 1590. The van der Waals surface area contributed by atoms with Gasteiger partial charge in [0, 0.05) is 11.6 Å². The Morgan fingerprint density at radius 2 is 1.52 bits per heavy atom. The summed E-state index contributed by atoms with van der Waals surface area (Å²) < 4.78 is 10.7. The lowest BCUT2D eigenvalue weighted by Crippen LogP contribution is -2.06. The number of hydrogen-bond acceptors (Lipinski definition) is 6. The summed E-state index contributed by atoms with van der Waals surface area (Å²) in [4.78, 5) is 29.0. The average molecular weight is 409 g/mol. The van der Waals surface area contributed by atoms with Crippen LogP contribution in [0.3, 0.4) is 0 Å². The van der Waals surface area contributed by atoms with Crippen molar-refractivity contribution in [1.82, 2.24) is 0 Å². The van der Waals surface area contributed by atoms with E-state index >= 15 is 0 Å². The monoisotopic (exact) mass is 409 g/mol. The maximum atomic E-state index is 12.4. The van der Waals surface area contributed by atoms with Crippen molar-refractivity contribution < 1.29 is 13.9 Å². The van der Waals surface area contributed by atoms with E-state index in [-0.39, 0.29) is 11.3 Å². The third-order valence-corrected chi connectivity index (χ3v) is 4.96. The minimum atomic E-state index is -0.689. The third kappa shape index (κ3) is 3.40. The van der Waals surface area contributed by atoms with Crippen LogP contribution in [0.4, 0.5) is 5.69 Å². The molecule has 5 aromatic rings. The minimum Gasteiger partial charge on any atom is -0.506 e. The van der Waals surface area contributed by atoms with Gasteiger partial charge < -0.3 is 13.9 Å². The van der Waals surface area contributed by atoms with Gasteiger partial charge in [0.1, 0.15) is 22.5 Å². The van der Waals surface area contributed by atoms with E-state index in [1.807, 2.05) is 12.1 Å². The normalized spacial score (nSPS) is 11.5. The van der Waals surface area contributed by atoms with Crippen molar-refractivity contribution >= 4 is 33.8 Å². The molecule has 0 unspecified atom stereocenters. The van der Waals surface area contributed by atoms with E-state index in [0.29, 0.717) is 33.4 Å². The van der Waals surface area contributed by atoms with Gasteiger partial charge >= 0.3 is 11.3 Å². The van der Waals surface area contributed by atoms with E-state index < -0.39 is 11.3 Å². The molecule has 0 aliphatic carbocycles. The maximum absolute atomic E-state index is 12.4. The predicted octanol–water partition coefficient (Wildman–Crippen LogP) is 5.02. The Labute approximate surface area is 175 Å². The van der Waals surface area contributed by atoms with Gasteiger partial charge in [0.25, 0.3) is 0 Å². The van der Waals surface area contributed by atoms with Gasteiger partial charge in [0.2, 0.25) is 0 Å². The number of aromatic hydroxyl groups is 1. The van der Waals surface area contributed by atoms with Gasteiger partial charge in [-0.15, -0.1) is 0 Å². The molecule has 5 rings (SSSR count). The van der Waals surface area contributed by atoms with Crippen LogP contribution in [0.2, 0.25) is 0 Å². The summed E-state index contributed by atoms with van der Waals surface area (Å²) in [7, 11) is 0. The number of hydrogen-bond donors (Lipinski definition) is 1. The highest BCUT2D eigenvalue weighted by Gasteiger charge is 2.12. The molecule has 0 amide bonds. The number of nitrogens with zero attached hydrogens (tertiary/aromatic N) is 1. The van der Waals surface area contributed by atoms with Gasteiger partial charge in [-0.25, -0.2) is 9.59 Å². The van der Waals surface area contributed by atoms with Gasteiger partial charge in [0.05, 0.1) is 16.6 Å². The molecule has 6 heteroatoms. The van der Waals surface area contributed by atoms with Crippen molar-refractivity contribution in [2.75, 3.05) is 0 Å². The Morgan fingerprint density at radius 3 is 2.39 bits per heavy atom. The maximum Gasteiger partial charge on any atom is 0.348 e. The molecule has 0 fully saturated rings. The van der Waals surface area contributed by atoms with Crippen LogP contribution in [0, 0.1) is 0 Å². The van der Waals surface area contributed by atoms with Crippen LogP contribution in [0.15, 0.2) is 102 Å². The average Bonchev–Trinajstić information content (AvgIpc) is 2.78. The molecule has 2 aromatic heterocycles. The van der Waals surface area contributed by atoms with Crippen molar-refractivity contribution in [3.8, 4) is 16.9 Å². The molecular weight excluding hydrogens is 394 g/mol. The molecule has 3 aromatic carbocycles. The molecule has 0 spiro atoms. The van der Waals surface area contributed by atoms with E-state index in [2.05, 4.69) is 4.99 Å². The van der Waals surface area contributed by atoms with E-state index in [1.165, 1.54) is 6.21 Å². The number of para-hydroxylation sites is 2. The molecule has 0 aliphatic heterocycles. The Morgan fingerprint density at radius 1 is 0.774 bits per heavy atom.